The van der Waals surface area contributed by atoms with Gasteiger partial charge >= 0.3 is 0 Å². The minimum absolute atomic E-state index is 0.00383. The van der Waals surface area contributed by atoms with Crippen LogP contribution in [-0.2, 0) is 6.42 Å². The van der Waals surface area contributed by atoms with Crippen molar-refractivity contribution in [3.63, 3.8) is 0 Å². The Balaban J connectivity index is 1.59. The third-order valence-corrected chi connectivity index (χ3v) is 5.31. The third kappa shape index (κ3) is 6.96. The minimum atomic E-state index is 0.00383. The Labute approximate surface area is 186 Å². The number of rotatable bonds is 11. The van der Waals surface area contributed by atoms with Crippen molar-refractivity contribution in [2.24, 2.45) is 0 Å². The van der Waals surface area contributed by atoms with Crippen molar-refractivity contribution < 1.29 is 9.53 Å². The SMILES string of the molecule is CCCCCc1ccc(-c2ccc(C(=O)C=Cc3ccc(OCCC)cc3)cc2)cc1. The second-order valence-corrected chi connectivity index (χ2v) is 7.85. The lowest BCUT2D eigenvalue weighted by Gasteiger charge is -2.06. The van der Waals surface area contributed by atoms with Gasteiger partial charge < -0.3 is 4.74 Å². The van der Waals surface area contributed by atoms with Crippen LogP contribution in [0.2, 0.25) is 0 Å². The number of carbonyl (C=O) groups excluding carboxylic acids is 1. The average Bonchev–Trinajstić information content (AvgIpc) is 2.82. The van der Waals surface area contributed by atoms with Crippen LogP contribution in [0.1, 0.15) is 61.0 Å². The second-order valence-electron chi connectivity index (χ2n) is 7.85. The molecule has 0 N–H and O–H groups in total. The topological polar surface area (TPSA) is 26.3 Å². The summed E-state index contributed by atoms with van der Waals surface area (Å²) in [5.74, 6) is 0.860. The van der Waals surface area contributed by atoms with Crippen LogP contribution < -0.4 is 4.74 Å². The first-order chi connectivity index (χ1) is 15.2. The molecule has 0 saturated carbocycles. The molecule has 31 heavy (non-hydrogen) atoms. The smallest absolute Gasteiger partial charge is 0.185 e. The highest BCUT2D eigenvalue weighted by Crippen LogP contribution is 2.22. The van der Waals surface area contributed by atoms with E-state index in [9.17, 15) is 4.79 Å². The first-order valence-electron chi connectivity index (χ1n) is 11.3. The fourth-order valence-electron chi connectivity index (χ4n) is 3.43. The molecular weight excluding hydrogens is 380 g/mol. The predicted octanol–water partition coefficient (Wildman–Crippen LogP) is 7.77. The van der Waals surface area contributed by atoms with Crippen LogP contribution in [0.5, 0.6) is 5.75 Å². The highest BCUT2D eigenvalue weighted by Gasteiger charge is 2.04. The number of aryl methyl sites for hydroxylation is 1. The first kappa shape index (κ1) is 22.6. The monoisotopic (exact) mass is 412 g/mol. The van der Waals surface area contributed by atoms with E-state index < -0.39 is 0 Å². The molecule has 2 heteroatoms. The summed E-state index contributed by atoms with van der Waals surface area (Å²) in [6, 6.07) is 24.4. The number of hydrogen-bond acceptors (Lipinski definition) is 2. The summed E-state index contributed by atoms with van der Waals surface area (Å²) in [6.45, 7) is 5.03. The van der Waals surface area contributed by atoms with E-state index in [1.54, 1.807) is 6.08 Å². The normalized spacial score (nSPS) is 11.0. The van der Waals surface area contributed by atoms with Gasteiger partial charge in [0.05, 0.1) is 6.61 Å². The summed E-state index contributed by atoms with van der Waals surface area (Å²) < 4.78 is 5.59. The summed E-state index contributed by atoms with van der Waals surface area (Å²) in [7, 11) is 0. The molecule has 0 saturated heterocycles. The summed E-state index contributed by atoms with van der Waals surface area (Å²) in [5.41, 5.74) is 5.37. The lowest BCUT2D eigenvalue weighted by molar-refractivity contribution is 0.104. The van der Waals surface area contributed by atoms with Crippen LogP contribution in [-0.4, -0.2) is 12.4 Å². The Hall–Kier alpha value is -3.13. The Morgan fingerprint density at radius 2 is 1.42 bits per heavy atom. The van der Waals surface area contributed by atoms with Crippen LogP contribution in [0.25, 0.3) is 17.2 Å². The molecular formula is C29H32O2. The maximum absolute atomic E-state index is 12.5. The van der Waals surface area contributed by atoms with Gasteiger partial charge in [0.25, 0.3) is 0 Å². The van der Waals surface area contributed by atoms with Crippen LogP contribution in [0.3, 0.4) is 0 Å². The van der Waals surface area contributed by atoms with Crippen molar-refractivity contribution in [2.75, 3.05) is 6.61 Å². The third-order valence-electron chi connectivity index (χ3n) is 5.31. The van der Waals surface area contributed by atoms with E-state index in [0.29, 0.717) is 12.2 Å². The molecule has 0 spiro atoms. The Morgan fingerprint density at radius 1 is 0.774 bits per heavy atom. The summed E-state index contributed by atoms with van der Waals surface area (Å²) in [5, 5.41) is 0. The Morgan fingerprint density at radius 3 is 2.03 bits per heavy atom. The van der Waals surface area contributed by atoms with Crippen molar-refractivity contribution in [3.05, 3.63) is 95.6 Å². The van der Waals surface area contributed by atoms with Crippen LogP contribution >= 0.6 is 0 Å². The minimum Gasteiger partial charge on any atom is -0.494 e. The van der Waals surface area contributed by atoms with E-state index in [4.69, 9.17) is 4.74 Å². The predicted molar refractivity (Wildman–Crippen MR) is 131 cm³/mol. The largest absolute Gasteiger partial charge is 0.494 e. The molecule has 3 aromatic rings. The van der Waals surface area contributed by atoms with E-state index in [2.05, 4.69) is 38.1 Å². The molecule has 0 radical (unpaired) electrons. The molecule has 2 nitrogen and oxygen atoms in total. The number of ketones is 1. The number of carbonyl (C=O) groups is 1. The number of ether oxygens (including phenoxy) is 1. The Kier molecular flexibility index (Phi) is 8.66. The molecule has 3 aromatic carbocycles. The van der Waals surface area contributed by atoms with Gasteiger partial charge in [-0.15, -0.1) is 0 Å². The zero-order valence-corrected chi connectivity index (χ0v) is 18.6. The molecule has 0 unspecified atom stereocenters. The van der Waals surface area contributed by atoms with Gasteiger partial charge in [0.15, 0.2) is 5.78 Å². The summed E-state index contributed by atoms with van der Waals surface area (Å²) in [6.07, 6.45) is 9.38. The second kappa shape index (κ2) is 11.9. The molecule has 0 aliphatic rings. The first-order valence-corrected chi connectivity index (χ1v) is 11.3. The lowest BCUT2D eigenvalue weighted by Crippen LogP contribution is -1.95. The molecule has 0 heterocycles. The van der Waals surface area contributed by atoms with Crippen molar-refractivity contribution >= 4 is 11.9 Å². The van der Waals surface area contributed by atoms with E-state index in [1.807, 2.05) is 54.6 Å². The summed E-state index contributed by atoms with van der Waals surface area (Å²) >= 11 is 0. The zero-order chi connectivity index (χ0) is 21.9. The van der Waals surface area contributed by atoms with Gasteiger partial charge in [-0.05, 0) is 59.7 Å². The maximum atomic E-state index is 12.5. The van der Waals surface area contributed by atoms with E-state index in [1.165, 1.54) is 30.4 Å². The number of hydrogen-bond donors (Lipinski definition) is 0. The molecule has 3 rings (SSSR count). The standard InChI is InChI=1S/C29H32O2/c1-3-5-6-7-23-8-13-25(14-9-23)26-15-17-27(18-16-26)29(30)21-12-24-10-19-28(20-11-24)31-22-4-2/h8-21H,3-7,22H2,1-2H3. The molecule has 0 aliphatic heterocycles. The fourth-order valence-corrected chi connectivity index (χ4v) is 3.43. The van der Waals surface area contributed by atoms with Gasteiger partial charge in [0, 0.05) is 5.56 Å². The Bertz CT molecular complexity index is 965. The summed E-state index contributed by atoms with van der Waals surface area (Å²) in [4.78, 5) is 12.5. The van der Waals surface area contributed by atoms with Crippen molar-refractivity contribution in [1.82, 2.24) is 0 Å². The van der Waals surface area contributed by atoms with Gasteiger partial charge in [-0.3, -0.25) is 4.79 Å². The molecule has 0 aliphatic carbocycles. The highest BCUT2D eigenvalue weighted by molar-refractivity contribution is 6.07. The molecule has 160 valence electrons. The van der Waals surface area contributed by atoms with Crippen LogP contribution in [0.15, 0.2) is 78.9 Å². The van der Waals surface area contributed by atoms with E-state index in [0.717, 1.165) is 29.7 Å². The molecule has 0 bridgehead atoms. The quantitative estimate of drug-likeness (QED) is 0.183. The van der Waals surface area contributed by atoms with Gasteiger partial charge in [-0.2, -0.15) is 0 Å². The van der Waals surface area contributed by atoms with Gasteiger partial charge in [0.1, 0.15) is 5.75 Å². The molecule has 0 fully saturated rings. The average molecular weight is 413 g/mol. The number of benzene rings is 3. The molecule has 0 amide bonds. The lowest BCUT2D eigenvalue weighted by atomic mass is 9.99. The van der Waals surface area contributed by atoms with E-state index >= 15 is 0 Å². The van der Waals surface area contributed by atoms with Gasteiger partial charge in [-0.1, -0.05) is 93.4 Å². The maximum Gasteiger partial charge on any atom is 0.185 e. The molecule has 0 atom stereocenters. The van der Waals surface area contributed by atoms with E-state index in [-0.39, 0.29) is 5.78 Å². The fraction of sp³-hybridized carbons (Fsp3) is 0.276. The van der Waals surface area contributed by atoms with Crippen LogP contribution in [0.4, 0.5) is 0 Å². The van der Waals surface area contributed by atoms with Crippen molar-refractivity contribution in [2.45, 2.75) is 46.0 Å². The van der Waals surface area contributed by atoms with Crippen molar-refractivity contribution in [3.8, 4) is 16.9 Å². The van der Waals surface area contributed by atoms with Gasteiger partial charge in [0.2, 0.25) is 0 Å². The number of unbranched alkanes of at least 4 members (excludes halogenated alkanes) is 2. The number of allylic oxidation sites excluding steroid dienone is 1. The molecule has 0 aromatic heterocycles. The highest BCUT2D eigenvalue weighted by atomic mass is 16.5. The van der Waals surface area contributed by atoms with Crippen LogP contribution in [0, 0.1) is 0 Å². The van der Waals surface area contributed by atoms with Crippen molar-refractivity contribution in [1.29, 1.82) is 0 Å². The zero-order valence-electron chi connectivity index (χ0n) is 18.6. The van der Waals surface area contributed by atoms with Gasteiger partial charge in [-0.25, -0.2) is 0 Å².